The summed E-state index contributed by atoms with van der Waals surface area (Å²) in [6, 6.07) is 6.53. The average molecular weight is 331 g/mol. The van der Waals surface area contributed by atoms with Gasteiger partial charge in [-0.15, -0.1) is 0 Å². The van der Waals surface area contributed by atoms with E-state index in [4.69, 9.17) is 9.47 Å². The van der Waals surface area contributed by atoms with E-state index in [1.807, 2.05) is 18.2 Å². The van der Waals surface area contributed by atoms with Crippen molar-refractivity contribution >= 4 is 6.03 Å². The zero-order chi connectivity index (χ0) is 16.4. The van der Waals surface area contributed by atoms with Crippen LogP contribution in [0.1, 0.15) is 31.2 Å². The fraction of sp³-hybridized carbons (Fsp3) is 0.611. The van der Waals surface area contributed by atoms with E-state index in [2.05, 4.69) is 15.5 Å². The Labute approximate surface area is 142 Å². The molecular weight excluding hydrogens is 306 g/mol. The van der Waals surface area contributed by atoms with E-state index in [9.17, 15) is 4.79 Å². The quantitative estimate of drug-likeness (QED) is 0.888. The van der Waals surface area contributed by atoms with Gasteiger partial charge in [-0.05, 0) is 43.5 Å². The molecule has 1 aromatic rings. The number of amides is 2. The topological polar surface area (TPSA) is 62.8 Å². The van der Waals surface area contributed by atoms with Crippen LogP contribution in [0.25, 0.3) is 0 Å². The van der Waals surface area contributed by atoms with Crippen molar-refractivity contribution in [2.45, 2.75) is 44.3 Å². The van der Waals surface area contributed by atoms with E-state index in [0.29, 0.717) is 25.8 Å². The maximum absolute atomic E-state index is 12.2. The van der Waals surface area contributed by atoms with Crippen LogP contribution in [-0.4, -0.2) is 49.3 Å². The second-order valence-electron chi connectivity index (χ2n) is 6.80. The van der Waals surface area contributed by atoms with Gasteiger partial charge in [-0.1, -0.05) is 12.5 Å². The lowest BCUT2D eigenvalue weighted by Gasteiger charge is -2.32. The largest absolute Gasteiger partial charge is 0.486 e. The lowest BCUT2D eigenvalue weighted by molar-refractivity contribution is 0.171. The van der Waals surface area contributed by atoms with Crippen molar-refractivity contribution in [3.05, 3.63) is 23.8 Å². The van der Waals surface area contributed by atoms with Crippen LogP contribution in [0, 0.1) is 0 Å². The van der Waals surface area contributed by atoms with Gasteiger partial charge < -0.3 is 20.1 Å². The van der Waals surface area contributed by atoms with Crippen molar-refractivity contribution in [1.82, 2.24) is 15.5 Å². The Morgan fingerprint density at radius 2 is 2.00 bits per heavy atom. The number of hydrogen-bond donors (Lipinski definition) is 2. The number of nitrogens with one attached hydrogen (secondary N) is 2. The van der Waals surface area contributed by atoms with Gasteiger partial charge in [-0.25, -0.2) is 4.79 Å². The van der Waals surface area contributed by atoms with Crippen molar-refractivity contribution in [1.29, 1.82) is 0 Å². The number of urea groups is 1. The summed E-state index contributed by atoms with van der Waals surface area (Å²) in [4.78, 5) is 14.8. The fourth-order valence-corrected chi connectivity index (χ4v) is 4.02. The van der Waals surface area contributed by atoms with Crippen LogP contribution in [0.3, 0.4) is 0 Å². The Kier molecular flexibility index (Phi) is 4.47. The lowest BCUT2D eigenvalue weighted by Crippen LogP contribution is -2.49. The highest BCUT2D eigenvalue weighted by Gasteiger charge is 2.36. The molecule has 4 rings (SSSR count). The Bertz CT molecular complexity index is 607. The number of piperidine rings is 1. The summed E-state index contributed by atoms with van der Waals surface area (Å²) in [5.41, 5.74) is 1.01. The van der Waals surface area contributed by atoms with Gasteiger partial charge in [0.2, 0.25) is 0 Å². The number of nitrogens with zero attached hydrogens (tertiary/aromatic N) is 1. The average Bonchev–Trinajstić information content (AvgIpc) is 3.03. The van der Waals surface area contributed by atoms with Gasteiger partial charge in [0.25, 0.3) is 0 Å². The zero-order valence-corrected chi connectivity index (χ0v) is 13.9. The molecule has 0 aliphatic carbocycles. The number of carbonyl (C=O) groups is 1. The Morgan fingerprint density at radius 3 is 2.92 bits per heavy atom. The molecular formula is C18H25N3O3. The van der Waals surface area contributed by atoms with Gasteiger partial charge in [0.1, 0.15) is 13.2 Å². The van der Waals surface area contributed by atoms with Crippen molar-refractivity contribution < 1.29 is 14.3 Å². The van der Waals surface area contributed by atoms with Crippen LogP contribution < -0.4 is 20.1 Å². The Balaban J connectivity index is 1.29. The summed E-state index contributed by atoms with van der Waals surface area (Å²) in [6.45, 7) is 3.94. The van der Waals surface area contributed by atoms with Crippen LogP contribution in [0.2, 0.25) is 0 Å². The minimum absolute atomic E-state index is 0.0812. The van der Waals surface area contributed by atoms with Crippen molar-refractivity contribution in [2.75, 3.05) is 26.3 Å². The SMILES string of the molecule is O=C(NCc1ccc2c(c1)OCCO2)N[C@H]1CCN2CCCC[C@@H]12. The van der Waals surface area contributed by atoms with E-state index >= 15 is 0 Å². The van der Waals surface area contributed by atoms with Gasteiger partial charge in [-0.2, -0.15) is 0 Å². The molecule has 24 heavy (non-hydrogen) atoms. The highest BCUT2D eigenvalue weighted by molar-refractivity contribution is 5.74. The zero-order valence-electron chi connectivity index (χ0n) is 13.9. The summed E-state index contributed by atoms with van der Waals surface area (Å²) in [5, 5.41) is 6.13. The van der Waals surface area contributed by atoms with E-state index in [0.717, 1.165) is 30.0 Å². The maximum atomic E-state index is 12.2. The number of ether oxygens (including phenoxy) is 2. The maximum Gasteiger partial charge on any atom is 0.315 e. The summed E-state index contributed by atoms with van der Waals surface area (Å²) < 4.78 is 11.1. The van der Waals surface area contributed by atoms with Gasteiger partial charge >= 0.3 is 6.03 Å². The summed E-state index contributed by atoms with van der Waals surface area (Å²) in [5.74, 6) is 1.53. The van der Waals surface area contributed by atoms with E-state index in [-0.39, 0.29) is 12.1 Å². The van der Waals surface area contributed by atoms with Crippen LogP contribution in [0.15, 0.2) is 18.2 Å². The highest BCUT2D eigenvalue weighted by Crippen LogP contribution is 2.30. The predicted molar refractivity (Wildman–Crippen MR) is 90.4 cm³/mol. The third-order valence-electron chi connectivity index (χ3n) is 5.23. The Hall–Kier alpha value is -1.95. The molecule has 0 unspecified atom stereocenters. The van der Waals surface area contributed by atoms with Crippen LogP contribution in [0.5, 0.6) is 11.5 Å². The molecule has 2 N–H and O–H groups in total. The minimum atomic E-state index is -0.0812. The first-order valence-corrected chi connectivity index (χ1v) is 8.96. The molecule has 6 nitrogen and oxygen atoms in total. The van der Waals surface area contributed by atoms with E-state index in [1.54, 1.807) is 0 Å². The molecule has 3 aliphatic rings. The molecule has 6 heteroatoms. The standard InChI is InChI=1S/C18H25N3O3/c22-18(20-14-6-8-21-7-2-1-3-15(14)21)19-12-13-4-5-16-17(11-13)24-10-9-23-16/h4-5,11,14-15H,1-3,6-10,12H2,(H2,19,20,22)/t14-,15-/m0/s1. The van der Waals surface area contributed by atoms with Crippen LogP contribution in [-0.2, 0) is 6.54 Å². The molecule has 0 bridgehead atoms. The first kappa shape index (κ1) is 15.6. The molecule has 0 spiro atoms. The molecule has 2 atom stereocenters. The third-order valence-corrected chi connectivity index (χ3v) is 5.23. The molecule has 130 valence electrons. The summed E-state index contributed by atoms with van der Waals surface area (Å²) >= 11 is 0. The van der Waals surface area contributed by atoms with E-state index in [1.165, 1.54) is 25.8 Å². The monoisotopic (exact) mass is 331 g/mol. The molecule has 2 fully saturated rings. The Morgan fingerprint density at radius 1 is 1.12 bits per heavy atom. The second-order valence-corrected chi connectivity index (χ2v) is 6.80. The second kappa shape index (κ2) is 6.89. The van der Waals surface area contributed by atoms with Crippen molar-refractivity contribution in [3.8, 4) is 11.5 Å². The smallest absolute Gasteiger partial charge is 0.315 e. The lowest BCUT2D eigenvalue weighted by atomic mass is 9.99. The molecule has 0 aromatic heterocycles. The van der Waals surface area contributed by atoms with Crippen LogP contribution in [0.4, 0.5) is 4.79 Å². The first-order valence-electron chi connectivity index (χ1n) is 8.96. The molecule has 0 saturated carbocycles. The van der Waals surface area contributed by atoms with E-state index < -0.39 is 0 Å². The predicted octanol–water partition coefficient (Wildman–Crippen LogP) is 1.88. The third kappa shape index (κ3) is 3.29. The number of hydrogen-bond acceptors (Lipinski definition) is 4. The molecule has 1 aromatic carbocycles. The summed E-state index contributed by atoms with van der Waals surface area (Å²) in [6.07, 6.45) is 4.83. The van der Waals surface area contributed by atoms with Crippen molar-refractivity contribution in [2.24, 2.45) is 0 Å². The summed E-state index contributed by atoms with van der Waals surface area (Å²) in [7, 11) is 0. The fourth-order valence-electron chi connectivity index (χ4n) is 4.02. The number of benzene rings is 1. The minimum Gasteiger partial charge on any atom is -0.486 e. The number of rotatable bonds is 3. The van der Waals surface area contributed by atoms with Gasteiger partial charge in [-0.3, -0.25) is 4.90 Å². The van der Waals surface area contributed by atoms with Gasteiger partial charge in [0.05, 0.1) is 0 Å². The molecule has 2 amide bonds. The van der Waals surface area contributed by atoms with Gasteiger partial charge in [0.15, 0.2) is 11.5 Å². The first-order chi connectivity index (χ1) is 11.8. The highest BCUT2D eigenvalue weighted by atomic mass is 16.6. The number of fused-ring (bicyclic) bond motifs is 2. The number of carbonyl (C=O) groups excluding carboxylic acids is 1. The molecule has 2 saturated heterocycles. The molecule has 3 aliphatic heterocycles. The van der Waals surface area contributed by atoms with Gasteiger partial charge in [0, 0.05) is 25.2 Å². The van der Waals surface area contributed by atoms with Crippen molar-refractivity contribution in [3.63, 3.8) is 0 Å². The normalized spacial score (nSPS) is 25.8. The van der Waals surface area contributed by atoms with Crippen LogP contribution >= 0.6 is 0 Å². The molecule has 0 radical (unpaired) electrons. The molecule has 3 heterocycles.